The minimum atomic E-state index is -0.271. The van der Waals surface area contributed by atoms with E-state index in [1.807, 2.05) is 25.1 Å². The molecule has 0 aliphatic rings. The van der Waals surface area contributed by atoms with E-state index in [1.54, 1.807) is 36.9 Å². The second-order valence-electron chi connectivity index (χ2n) is 7.23. The van der Waals surface area contributed by atoms with Gasteiger partial charge in [-0.15, -0.1) is 5.92 Å². The van der Waals surface area contributed by atoms with Crippen molar-refractivity contribution in [3.8, 4) is 34.8 Å². The fourth-order valence-electron chi connectivity index (χ4n) is 3.56. The summed E-state index contributed by atoms with van der Waals surface area (Å²) in [6.07, 6.45) is 0. The van der Waals surface area contributed by atoms with Crippen molar-refractivity contribution in [2.45, 2.75) is 13.6 Å². The van der Waals surface area contributed by atoms with Crippen LogP contribution in [0.4, 0.5) is 0 Å². The number of methoxy groups -OCH3 is 4. The van der Waals surface area contributed by atoms with Gasteiger partial charge in [-0.05, 0) is 45.3 Å². The zero-order valence-corrected chi connectivity index (χ0v) is 19.4. The molecule has 32 heavy (non-hydrogen) atoms. The van der Waals surface area contributed by atoms with Crippen LogP contribution in [0.15, 0.2) is 24.3 Å². The van der Waals surface area contributed by atoms with Gasteiger partial charge in [-0.2, -0.15) is 5.10 Å². The van der Waals surface area contributed by atoms with E-state index < -0.39 is 0 Å². The third-order valence-corrected chi connectivity index (χ3v) is 4.90. The van der Waals surface area contributed by atoms with Crippen LogP contribution in [0.5, 0.6) is 23.0 Å². The van der Waals surface area contributed by atoms with Crippen LogP contribution in [-0.2, 0) is 6.67 Å². The van der Waals surface area contributed by atoms with Crippen LogP contribution >= 0.6 is 0 Å². The zero-order chi connectivity index (χ0) is 23.4. The van der Waals surface area contributed by atoms with Crippen molar-refractivity contribution in [3.63, 3.8) is 0 Å². The zero-order valence-electron chi connectivity index (χ0n) is 19.4. The second kappa shape index (κ2) is 9.62. The lowest BCUT2D eigenvalue weighted by Crippen LogP contribution is -2.18. The van der Waals surface area contributed by atoms with Gasteiger partial charge < -0.3 is 18.9 Å². The average molecular weight is 437 g/mol. The molecule has 0 unspecified atom stereocenters. The van der Waals surface area contributed by atoms with Crippen molar-refractivity contribution in [2.24, 2.45) is 0 Å². The Morgan fingerprint density at radius 2 is 1.62 bits per heavy atom. The highest BCUT2D eigenvalue weighted by Gasteiger charge is 2.25. The lowest BCUT2D eigenvalue weighted by atomic mass is 10.0. The Hall–Kier alpha value is -3.70. The lowest BCUT2D eigenvalue weighted by molar-refractivity contribution is 0.103. The molecular formula is C24H27N3O5. The number of carbonyl (C=O) groups excluding carboxylic acids is 1. The number of benzene rings is 2. The molecule has 0 aliphatic carbocycles. The van der Waals surface area contributed by atoms with Crippen molar-refractivity contribution < 1.29 is 23.7 Å². The Balaban J connectivity index is 2.28. The average Bonchev–Trinajstić information content (AvgIpc) is 3.15. The number of rotatable bonds is 8. The Morgan fingerprint density at radius 1 is 1.00 bits per heavy atom. The van der Waals surface area contributed by atoms with Gasteiger partial charge in [-0.25, -0.2) is 4.68 Å². The minimum Gasteiger partial charge on any atom is -0.495 e. The van der Waals surface area contributed by atoms with E-state index in [4.69, 9.17) is 18.9 Å². The predicted octanol–water partition coefficient (Wildman–Crippen LogP) is 3.19. The Morgan fingerprint density at radius 3 is 2.12 bits per heavy atom. The van der Waals surface area contributed by atoms with Gasteiger partial charge in [0.2, 0.25) is 11.5 Å². The molecule has 0 N–H and O–H groups in total. The lowest BCUT2D eigenvalue weighted by Gasteiger charge is -2.13. The molecule has 0 aliphatic heterocycles. The summed E-state index contributed by atoms with van der Waals surface area (Å²) in [7, 11) is 9.99. The van der Waals surface area contributed by atoms with E-state index in [0.29, 0.717) is 51.9 Å². The molecule has 0 atom stereocenters. The molecule has 0 amide bonds. The van der Waals surface area contributed by atoms with Crippen molar-refractivity contribution in [1.82, 2.24) is 14.7 Å². The van der Waals surface area contributed by atoms with Crippen molar-refractivity contribution in [2.75, 3.05) is 42.5 Å². The third-order valence-electron chi connectivity index (χ3n) is 4.90. The molecule has 1 aromatic heterocycles. The van der Waals surface area contributed by atoms with Gasteiger partial charge in [0, 0.05) is 10.9 Å². The fraction of sp³-hybridized carbons (Fsp3) is 0.333. The van der Waals surface area contributed by atoms with Crippen LogP contribution in [0.2, 0.25) is 0 Å². The quantitative estimate of drug-likeness (QED) is 0.396. The van der Waals surface area contributed by atoms with Crippen LogP contribution in [-0.4, -0.2) is 63.0 Å². The molecule has 1 heterocycles. The summed E-state index contributed by atoms with van der Waals surface area (Å²) < 4.78 is 23.5. The van der Waals surface area contributed by atoms with Crippen LogP contribution < -0.4 is 18.9 Å². The second-order valence-corrected chi connectivity index (χ2v) is 7.23. The summed E-state index contributed by atoms with van der Waals surface area (Å²) in [4.78, 5) is 15.6. The first kappa shape index (κ1) is 23.0. The van der Waals surface area contributed by atoms with Crippen molar-refractivity contribution >= 4 is 16.7 Å². The number of nitrogens with zero attached hydrogens (tertiary/aromatic N) is 3. The molecule has 3 aromatic rings. The van der Waals surface area contributed by atoms with Crippen molar-refractivity contribution in [3.05, 3.63) is 41.1 Å². The highest BCUT2D eigenvalue weighted by Crippen LogP contribution is 2.39. The first-order valence-corrected chi connectivity index (χ1v) is 9.89. The molecule has 0 bridgehead atoms. The topological polar surface area (TPSA) is 75.0 Å². The van der Waals surface area contributed by atoms with Crippen LogP contribution in [0.1, 0.15) is 28.5 Å². The fourth-order valence-corrected chi connectivity index (χ4v) is 3.56. The van der Waals surface area contributed by atoms with Gasteiger partial charge in [0.25, 0.3) is 0 Å². The highest BCUT2D eigenvalue weighted by atomic mass is 16.5. The normalized spacial score (nSPS) is 10.6. The van der Waals surface area contributed by atoms with Crippen LogP contribution in [0.25, 0.3) is 10.9 Å². The van der Waals surface area contributed by atoms with Gasteiger partial charge in [-0.1, -0.05) is 5.92 Å². The van der Waals surface area contributed by atoms with Crippen molar-refractivity contribution in [1.29, 1.82) is 0 Å². The summed E-state index contributed by atoms with van der Waals surface area (Å²) in [6, 6.07) is 6.88. The number of carbonyl (C=O) groups is 1. The molecule has 8 heteroatoms. The third kappa shape index (κ3) is 4.07. The monoisotopic (exact) mass is 437 g/mol. The maximum atomic E-state index is 13.6. The summed E-state index contributed by atoms with van der Waals surface area (Å²) in [5, 5.41) is 5.35. The predicted molar refractivity (Wildman–Crippen MR) is 122 cm³/mol. The van der Waals surface area contributed by atoms with Gasteiger partial charge in [0.05, 0.1) is 46.2 Å². The summed E-state index contributed by atoms with van der Waals surface area (Å²) in [6.45, 7) is 2.22. The standard InChI is InChI=1S/C24H27N3O5/c1-8-9-16-18(29-4)11-10-17-21(25-27(22(16)17)14-26(2)3)23(28)15-12-19(30-5)24(32-7)20(13-15)31-6/h10-13H,14H2,1-7H3. The first-order chi connectivity index (χ1) is 15.4. The Labute approximate surface area is 187 Å². The van der Waals surface area contributed by atoms with E-state index >= 15 is 0 Å². The molecule has 168 valence electrons. The number of hydrogen-bond acceptors (Lipinski definition) is 7. The number of aromatic nitrogens is 2. The van der Waals surface area contributed by atoms with E-state index in [2.05, 4.69) is 16.9 Å². The number of hydrogen-bond donors (Lipinski definition) is 0. The van der Waals surface area contributed by atoms with E-state index in [-0.39, 0.29) is 5.78 Å². The SMILES string of the molecule is CC#Cc1c(OC)ccc2c(C(=O)c3cc(OC)c(OC)c(OC)c3)nn(CN(C)C)c12. The molecule has 0 saturated heterocycles. The molecule has 8 nitrogen and oxygen atoms in total. The summed E-state index contributed by atoms with van der Waals surface area (Å²) in [5.41, 5.74) is 2.10. The molecule has 0 radical (unpaired) electrons. The van der Waals surface area contributed by atoms with E-state index in [0.717, 1.165) is 5.52 Å². The summed E-state index contributed by atoms with van der Waals surface area (Å²) in [5.74, 6) is 7.59. The molecule has 0 fully saturated rings. The van der Waals surface area contributed by atoms with E-state index in [9.17, 15) is 4.79 Å². The first-order valence-electron chi connectivity index (χ1n) is 9.89. The summed E-state index contributed by atoms with van der Waals surface area (Å²) >= 11 is 0. The molecule has 0 spiro atoms. The Kier molecular flexibility index (Phi) is 6.91. The smallest absolute Gasteiger partial charge is 0.214 e. The molecule has 0 saturated carbocycles. The number of ketones is 1. The van der Waals surface area contributed by atoms with E-state index in [1.165, 1.54) is 21.3 Å². The largest absolute Gasteiger partial charge is 0.495 e. The molecular weight excluding hydrogens is 410 g/mol. The van der Waals surface area contributed by atoms with Gasteiger partial charge in [-0.3, -0.25) is 9.69 Å². The maximum absolute atomic E-state index is 13.6. The Bertz CT molecular complexity index is 1190. The van der Waals surface area contributed by atoms with Gasteiger partial charge in [0.15, 0.2) is 11.5 Å². The van der Waals surface area contributed by atoms with Gasteiger partial charge in [0.1, 0.15) is 11.4 Å². The molecule has 3 rings (SSSR count). The number of fused-ring (bicyclic) bond motifs is 1. The maximum Gasteiger partial charge on any atom is 0.214 e. The molecule has 2 aromatic carbocycles. The number of ether oxygens (including phenoxy) is 4. The highest BCUT2D eigenvalue weighted by molar-refractivity contribution is 6.16. The van der Waals surface area contributed by atoms with Crippen LogP contribution in [0.3, 0.4) is 0 Å². The minimum absolute atomic E-state index is 0.271. The van der Waals surface area contributed by atoms with Gasteiger partial charge >= 0.3 is 0 Å². The van der Waals surface area contributed by atoms with Crippen LogP contribution in [0, 0.1) is 11.8 Å².